The molecule has 0 atom stereocenters. The number of carboxylic acid groups (broad SMARTS) is 1. The Labute approximate surface area is 110 Å². The zero-order chi connectivity index (χ0) is 13.1. The van der Waals surface area contributed by atoms with Gasteiger partial charge >= 0.3 is 5.97 Å². The zero-order valence-electron chi connectivity index (χ0n) is 10.4. The van der Waals surface area contributed by atoms with Gasteiger partial charge in [0.2, 0.25) is 0 Å². The second kappa shape index (κ2) is 5.23. The van der Waals surface area contributed by atoms with Crippen molar-refractivity contribution in [2.24, 2.45) is 0 Å². The van der Waals surface area contributed by atoms with Gasteiger partial charge in [0, 0.05) is 24.7 Å². The molecule has 4 heteroatoms. The van der Waals surface area contributed by atoms with E-state index < -0.39 is 5.97 Å². The average molecular weight is 261 g/mol. The van der Waals surface area contributed by atoms with Crippen LogP contribution in [0.4, 0.5) is 5.69 Å². The number of aromatic carboxylic acids is 1. The molecule has 0 fully saturated rings. The monoisotopic (exact) mass is 261 g/mol. The summed E-state index contributed by atoms with van der Waals surface area (Å²) in [5.41, 5.74) is 3.45. The van der Waals surface area contributed by atoms with Crippen LogP contribution in [0.25, 0.3) is 0 Å². The zero-order valence-corrected chi connectivity index (χ0v) is 11.2. The summed E-state index contributed by atoms with van der Waals surface area (Å²) < 4.78 is 0. The molecule has 0 bridgehead atoms. The Morgan fingerprint density at radius 1 is 1.39 bits per heavy atom. The lowest BCUT2D eigenvalue weighted by Gasteiger charge is -2.18. The van der Waals surface area contributed by atoms with E-state index in [1.165, 1.54) is 22.5 Å². The van der Waals surface area contributed by atoms with Crippen molar-refractivity contribution in [2.75, 3.05) is 11.9 Å². The maximum atomic E-state index is 10.8. The summed E-state index contributed by atoms with van der Waals surface area (Å²) in [4.78, 5) is 13.3. The fourth-order valence-electron chi connectivity index (χ4n) is 1.77. The van der Waals surface area contributed by atoms with Crippen molar-refractivity contribution >= 4 is 23.0 Å². The number of benzene rings is 1. The number of hydrogen-bond donors (Lipinski definition) is 1. The van der Waals surface area contributed by atoms with Gasteiger partial charge in [-0.25, -0.2) is 4.79 Å². The van der Waals surface area contributed by atoms with Crippen molar-refractivity contribution in [3.05, 3.63) is 51.7 Å². The first-order valence-electron chi connectivity index (χ1n) is 5.65. The van der Waals surface area contributed by atoms with Gasteiger partial charge < -0.3 is 10.0 Å². The molecule has 1 N–H and O–H groups in total. The SMILES string of the molecule is Cc1ccccc1CN(C)c1csc(C(=O)O)c1. The Balaban J connectivity index is 2.14. The van der Waals surface area contributed by atoms with E-state index in [4.69, 9.17) is 5.11 Å². The predicted molar refractivity (Wildman–Crippen MR) is 74.6 cm³/mol. The van der Waals surface area contributed by atoms with Gasteiger partial charge in [-0.2, -0.15) is 0 Å². The maximum Gasteiger partial charge on any atom is 0.345 e. The van der Waals surface area contributed by atoms with Crippen LogP contribution >= 0.6 is 11.3 Å². The summed E-state index contributed by atoms with van der Waals surface area (Å²) in [5, 5.41) is 10.8. The lowest BCUT2D eigenvalue weighted by atomic mass is 10.1. The molecule has 2 aromatic rings. The number of rotatable bonds is 4. The second-order valence-corrected chi connectivity index (χ2v) is 5.17. The lowest BCUT2D eigenvalue weighted by Crippen LogP contribution is -2.16. The lowest BCUT2D eigenvalue weighted by molar-refractivity contribution is 0.0702. The highest BCUT2D eigenvalue weighted by atomic mass is 32.1. The van der Waals surface area contributed by atoms with Crippen LogP contribution in [0, 0.1) is 6.92 Å². The molecule has 0 spiro atoms. The van der Waals surface area contributed by atoms with Gasteiger partial charge in [-0.1, -0.05) is 24.3 Å². The first-order chi connectivity index (χ1) is 8.58. The first kappa shape index (κ1) is 12.6. The first-order valence-corrected chi connectivity index (χ1v) is 6.53. The van der Waals surface area contributed by atoms with Crippen molar-refractivity contribution in [1.82, 2.24) is 0 Å². The Bertz CT molecular complexity index is 562. The molecule has 94 valence electrons. The average Bonchev–Trinajstić information content (AvgIpc) is 2.81. The maximum absolute atomic E-state index is 10.8. The number of carboxylic acids is 1. The number of carbonyl (C=O) groups is 1. The highest BCUT2D eigenvalue weighted by Crippen LogP contribution is 2.24. The summed E-state index contributed by atoms with van der Waals surface area (Å²) in [6, 6.07) is 9.93. The minimum absolute atomic E-state index is 0.377. The fraction of sp³-hybridized carbons (Fsp3) is 0.214. The molecule has 2 rings (SSSR count). The number of nitrogens with zero attached hydrogens (tertiary/aromatic N) is 1. The molecule has 3 nitrogen and oxygen atoms in total. The number of anilines is 1. The van der Waals surface area contributed by atoms with Crippen LogP contribution in [0.5, 0.6) is 0 Å². The standard InChI is InChI=1S/C14H15NO2S/c1-10-5-3-4-6-11(10)8-15(2)12-7-13(14(16)17)18-9-12/h3-7,9H,8H2,1-2H3,(H,16,17). The number of aryl methyl sites for hydroxylation is 1. The van der Waals surface area contributed by atoms with Crippen molar-refractivity contribution in [3.8, 4) is 0 Å². The molecule has 18 heavy (non-hydrogen) atoms. The molecule has 0 radical (unpaired) electrons. The largest absolute Gasteiger partial charge is 0.477 e. The van der Waals surface area contributed by atoms with Crippen molar-refractivity contribution in [2.45, 2.75) is 13.5 Å². The van der Waals surface area contributed by atoms with Crippen molar-refractivity contribution < 1.29 is 9.90 Å². The molecular weight excluding hydrogens is 246 g/mol. The highest BCUT2D eigenvalue weighted by molar-refractivity contribution is 7.12. The van der Waals surface area contributed by atoms with Crippen LogP contribution < -0.4 is 4.90 Å². The highest BCUT2D eigenvalue weighted by Gasteiger charge is 2.10. The van der Waals surface area contributed by atoms with Gasteiger partial charge in [0.05, 0.1) is 0 Å². The van der Waals surface area contributed by atoms with Crippen LogP contribution in [0.15, 0.2) is 35.7 Å². The topological polar surface area (TPSA) is 40.5 Å². The smallest absolute Gasteiger partial charge is 0.345 e. The summed E-state index contributed by atoms with van der Waals surface area (Å²) in [6.07, 6.45) is 0. The molecule has 0 amide bonds. The number of hydrogen-bond acceptors (Lipinski definition) is 3. The normalized spacial score (nSPS) is 10.3. The number of thiophene rings is 1. The van der Waals surface area contributed by atoms with E-state index in [0.29, 0.717) is 4.88 Å². The predicted octanol–water partition coefficient (Wildman–Crippen LogP) is 3.39. The van der Waals surface area contributed by atoms with Gasteiger partial charge in [0.1, 0.15) is 4.88 Å². The molecule has 0 aliphatic rings. The molecule has 0 saturated heterocycles. The molecule has 1 heterocycles. The summed E-state index contributed by atoms with van der Waals surface area (Å²) in [5.74, 6) is -0.865. The van der Waals surface area contributed by atoms with E-state index in [-0.39, 0.29) is 0 Å². The van der Waals surface area contributed by atoms with Crippen molar-refractivity contribution in [3.63, 3.8) is 0 Å². The summed E-state index contributed by atoms with van der Waals surface area (Å²) >= 11 is 1.26. The minimum Gasteiger partial charge on any atom is -0.477 e. The summed E-state index contributed by atoms with van der Waals surface area (Å²) in [7, 11) is 1.97. The van der Waals surface area contributed by atoms with Crippen LogP contribution in [0.2, 0.25) is 0 Å². The molecular formula is C14H15NO2S. The van der Waals surface area contributed by atoms with Gasteiger partial charge in [0.25, 0.3) is 0 Å². The van der Waals surface area contributed by atoms with E-state index in [9.17, 15) is 4.79 Å². The molecule has 0 saturated carbocycles. The van der Waals surface area contributed by atoms with Crippen LogP contribution in [0.3, 0.4) is 0 Å². The third kappa shape index (κ3) is 2.71. The molecule has 0 unspecified atom stereocenters. The molecule has 0 aliphatic carbocycles. The molecule has 1 aromatic carbocycles. The van der Waals surface area contributed by atoms with Gasteiger partial charge in [-0.15, -0.1) is 11.3 Å². The third-order valence-corrected chi connectivity index (χ3v) is 3.81. The second-order valence-electron chi connectivity index (χ2n) is 4.26. The Morgan fingerprint density at radius 3 is 2.72 bits per heavy atom. The van der Waals surface area contributed by atoms with E-state index >= 15 is 0 Å². The minimum atomic E-state index is -0.865. The summed E-state index contributed by atoms with van der Waals surface area (Å²) in [6.45, 7) is 2.86. The molecule has 1 aromatic heterocycles. The van der Waals surface area contributed by atoms with E-state index in [1.807, 2.05) is 24.6 Å². The van der Waals surface area contributed by atoms with Gasteiger partial charge in [0.15, 0.2) is 0 Å². The van der Waals surface area contributed by atoms with Gasteiger partial charge in [-0.05, 0) is 24.1 Å². The Hall–Kier alpha value is -1.81. The van der Waals surface area contributed by atoms with Crippen LogP contribution in [-0.4, -0.2) is 18.1 Å². The Morgan fingerprint density at radius 2 is 2.11 bits per heavy atom. The van der Waals surface area contributed by atoms with Crippen LogP contribution in [0.1, 0.15) is 20.8 Å². The van der Waals surface area contributed by atoms with E-state index in [1.54, 1.807) is 6.07 Å². The van der Waals surface area contributed by atoms with E-state index in [0.717, 1.165) is 12.2 Å². The van der Waals surface area contributed by atoms with Crippen LogP contribution in [-0.2, 0) is 6.54 Å². The fourth-order valence-corrected chi connectivity index (χ4v) is 2.56. The Kier molecular flexibility index (Phi) is 3.67. The van der Waals surface area contributed by atoms with Crippen molar-refractivity contribution in [1.29, 1.82) is 0 Å². The molecule has 0 aliphatic heterocycles. The van der Waals surface area contributed by atoms with Gasteiger partial charge in [-0.3, -0.25) is 0 Å². The quantitative estimate of drug-likeness (QED) is 0.917. The van der Waals surface area contributed by atoms with E-state index in [2.05, 4.69) is 24.0 Å². The third-order valence-electron chi connectivity index (χ3n) is 2.91.